The van der Waals surface area contributed by atoms with Gasteiger partial charge in [-0.1, -0.05) is 56.3 Å². The van der Waals surface area contributed by atoms with Crippen LogP contribution in [0.4, 0.5) is 8.78 Å². The third-order valence-electron chi connectivity index (χ3n) is 2.69. The maximum Gasteiger partial charge on any atom is 0.326 e. The molecule has 0 atom stereocenters. The van der Waals surface area contributed by atoms with Crippen LogP contribution in [0.15, 0.2) is 42.5 Å². The van der Waals surface area contributed by atoms with Gasteiger partial charge in [-0.05, 0) is 30.4 Å². The molecule has 19 heavy (non-hydrogen) atoms. The van der Waals surface area contributed by atoms with E-state index in [1.165, 1.54) is 12.1 Å². The summed E-state index contributed by atoms with van der Waals surface area (Å²) in [5.41, 5.74) is 7.60. The number of allylic oxidation sites excluding steroid dienone is 3. The number of rotatable bonds is 5. The molecule has 0 radical (unpaired) electrons. The van der Waals surface area contributed by atoms with Gasteiger partial charge in [-0.15, -0.1) is 0 Å². The van der Waals surface area contributed by atoms with E-state index in [-0.39, 0.29) is 5.56 Å². The minimum absolute atomic E-state index is 0.171. The van der Waals surface area contributed by atoms with E-state index < -0.39 is 6.05 Å². The van der Waals surface area contributed by atoms with E-state index >= 15 is 0 Å². The lowest BCUT2D eigenvalue weighted by molar-refractivity contribution is 0.00298. The smallest absolute Gasteiger partial charge is 0.268 e. The molecule has 2 N–H and O–H groups in total. The predicted octanol–water partition coefficient (Wildman–Crippen LogP) is 4.70. The number of benzene rings is 1. The average molecular weight is 265 g/mol. The molecule has 0 aliphatic carbocycles. The zero-order valence-electron chi connectivity index (χ0n) is 11.7. The van der Waals surface area contributed by atoms with Crippen LogP contribution in [0, 0.1) is 5.92 Å². The molecule has 0 fully saturated rings. The highest BCUT2D eigenvalue weighted by Crippen LogP contribution is 2.27. The Labute approximate surface area is 113 Å². The summed E-state index contributed by atoms with van der Waals surface area (Å²) in [5.74, 6) is 0.487. The van der Waals surface area contributed by atoms with E-state index in [9.17, 15) is 8.78 Å². The van der Waals surface area contributed by atoms with Crippen LogP contribution >= 0.6 is 0 Å². The predicted molar refractivity (Wildman–Crippen MR) is 76.8 cm³/mol. The van der Waals surface area contributed by atoms with Crippen molar-refractivity contribution < 1.29 is 8.78 Å². The van der Waals surface area contributed by atoms with Gasteiger partial charge in [0.05, 0.1) is 0 Å². The molecule has 0 aliphatic heterocycles. The standard InChI is InChI=1S/C16H21F2N/c1-11(2)9-14(10-12(3)4)13-5-7-15(8-6-13)16(17,18)19/h5-9,12H,1,10,19H2,2-4H3/b14-9+. The molecular weight excluding hydrogens is 244 g/mol. The highest BCUT2D eigenvalue weighted by atomic mass is 19.3. The largest absolute Gasteiger partial charge is 0.326 e. The van der Waals surface area contributed by atoms with Gasteiger partial charge in [0.2, 0.25) is 0 Å². The van der Waals surface area contributed by atoms with Crippen molar-refractivity contribution >= 4 is 5.57 Å². The third-order valence-corrected chi connectivity index (χ3v) is 2.69. The quantitative estimate of drug-likeness (QED) is 0.606. The van der Waals surface area contributed by atoms with Crippen molar-refractivity contribution in [3.8, 4) is 0 Å². The van der Waals surface area contributed by atoms with Gasteiger partial charge in [-0.2, -0.15) is 8.78 Å². The molecule has 1 aromatic rings. The summed E-state index contributed by atoms with van der Waals surface area (Å²) in [4.78, 5) is 0. The molecule has 1 rings (SSSR count). The Morgan fingerprint density at radius 1 is 1.32 bits per heavy atom. The normalized spacial score (nSPS) is 12.9. The Balaban J connectivity index is 3.08. The number of halogens is 2. The van der Waals surface area contributed by atoms with Crippen molar-refractivity contribution in [3.05, 3.63) is 53.6 Å². The van der Waals surface area contributed by atoms with E-state index in [2.05, 4.69) is 20.4 Å². The lowest BCUT2D eigenvalue weighted by atomic mass is 9.94. The SMILES string of the molecule is C=C(C)/C=C(\CC(C)C)c1ccc(C(N)(F)F)cc1. The molecule has 0 saturated heterocycles. The van der Waals surface area contributed by atoms with Gasteiger partial charge in [0.25, 0.3) is 0 Å². The van der Waals surface area contributed by atoms with Crippen molar-refractivity contribution in [2.45, 2.75) is 33.2 Å². The van der Waals surface area contributed by atoms with Crippen molar-refractivity contribution in [3.63, 3.8) is 0 Å². The second-order valence-electron chi connectivity index (χ2n) is 5.31. The summed E-state index contributed by atoms with van der Waals surface area (Å²) >= 11 is 0. The molecule has 1 aromatic carbocycles. The Bertz CT molecular complexity index is 465. The maximum absolute atomic E-state index is 13.0. The Hall–Kier alpha value is -1.48. The van der Waals surface area contributed by atoms with Gasteiger partial charge in [0, 0.05) is 5.56 Å². The molecule has 0 saturated carbocycles. The summed E-state index contributed by atoms with van der Waals surface area (Å²) < 4.78 is 25.9. The second-order valence-corrected chi connectivity index (χ2v) is 5.31. The topological polar surface area (TPSA) is 26.0 Å². The molecular formula is C16H21F2N. The Kier molecular flexibility index (Phi) is 5.01. The van der Waals surface area contributed by atoms with Crippen LogP contribution in [-0.4, -0.2) is 0 Å². The van der Waals surface area contributed by atoms with Crippen LogP contribution in [0.1, 0.15) is 38.3 Å². The maximum atomic E-state index is 13.0. The Morgan fingerprint density at radius 3 is 2.21 bits per heavy atom. The van der Waals surface area contributed by atoms with Crippen LogP contribution in [0.5, 0.6) is 0 Å². The summed E-state index contributed by atoms with van der Waals surface area (Å²) in [7, 11) is 0. The number of nitrogens with two attached hydrogens (primary N) is 1. The molecule has 0 bridgehead atoms. The van der Waals surface area contributed by atoms with E-state index in [0.717, 1.165) is 23.1 Å². The van der Waals surface area contributed by atoms with Crippen LogP contribution in [0.3, 0.4) is 0 Å². The first-order valence-electron chi connectivity index (χ1n) is 6.34. The minimum Gasteiger partial charge on any atom is -0.268 e. The van der Waals surface area contributed by atoms with Gasteiger partial charge in [0.1, 0.15) is 0 Å². The summed E-state index contributed by atoms with van der Waals surface area (Å²) in [6.07, 6.45) is 2.88. The van der Waals surface area contributed by atoms with Crippen molar-refractivity contribution in [2.24, 2.45) is 11.7 Å². The van der Waals surface area contributed by atoms with Crippen LogP contribution in [0.2, 0.25) is 0 Å². The van der Waals surface area contributed by atoms with Crippen LogP contribution < -0.4 is 5.73 Å². The van der Waals surface area contributed by atoms with Gasteiger partial charge in [-0.3, -0.25) is 5.73 Å². The first kappa shape index (κ1) is 15.6. The lowest BCUT2D eigenvalue weighted by Crippen LogP contribution is -2.24. The molecule has 0 aromatic heterocycles. The third kappa shape index (κ3) is 4.95. The van der Waals surface area contributed by atoms with Gasteiger partial charge < -0.3 is 0 Å². The lowest BCUT2D eigenvalue weighted by Gasteiger charge is -2.14. The van der Waals surface area contributed by atoms with Crippen molar-refractivity contribution in [1.82, 2.24) is 0 Å². The minimum atomic E-state index is -3.28. The summed E-state index contributed by atoms with van der Waals surface area (Å²) in [5, 5.41) is 0. The van der Waals surface area contributed by atoms with Gasteiger partial charge >= 0.3 is 6.05 Å². The van der Waals surface area contributed by atoms with Crippen molar-refractivity contribution in [2.75, 3.05) is 0 Å². The van der Waals surface area contributed by atoms with Crippen LogP contribution in [0.25, 0.3) is 5.57 Å². The highest BCUT2D eigenvalue weighted by molar-refractivity contribution is 5.68. The molecule has 0 aliphatic rings. The Morgan fingerprint density at radius 2 is 1.84 bits per heavy atom. The summed E-state index contributed by atoms with van der Waals surface area (Å²) in [6.45, 7) is 10.0. The average Bonchev–Trinajstić information content (AvgIpc) is 2.26. The van der Waals surface area contributed by atoms with Gasteiger partial charge in [-0.25, -0.2) is 0 Å². The number of hydrogen-bond acceptors (Lipinski definition) is 1. The van der Waals surface area contributed by atoms with Crippen LogP contribution in [-0.2, 0) is 6.05 Å². The summed E-state index contributed by atoms with van der Waals surface area (Å²) in [6, 6.07) is 2.85. The molecule has 0 spiro atoms. The first-order valence-corrected chi connectivity index (χ1v) is 6.34. The molecule has 104 valence electrons. The van der Waals surface area contributed by atoms with E-state index in [4.69, 9.17) is 5.73 Å². The molecule has 3 heteroatoms. The second kappa shape index (κ2) is 6.11. The highest BCUT2D eigenvalue weighted by Gasteiger charge is 2.24. The first-order chi connectivity index (χ1) is 8.70. The molecule has 0 amide bonds. The van der Waals surface area contributed by atoms with E-state index in [1.807, 2.05) is 13.0 Å². The fourth-order valence-electron chi connectivity index (χ4n) is 1.90. The fraction of sp³-hybridized carbons (Fsp3) is 0.375. The van der Waals surface area contributed by atoms with Crippen molar-refractivity contribution in [1.29, 1.82) is 0 Å². The molecule has 0 unspecified atom stereocenters. The molecule has 0 heterocycles. The molecule has 1 nitrogen and oxygen atoms in total. The zero-order chi connectivity index (χ0) is 14.6. The van der Waals surface area contributed by atoms with Gasteiger partial charge in [0.15, 0.2) is 0 Å². The van der Waals surface area contributed by atoms with E-state index in [0.29, 0.717) is 5.92 Å². The van der Waals surface area contributed by atoms with E-state index in [1.54, 1.807) is 12.1 Å². The fourth-order valence-corrected chi connectivity index (χ4v) is 1.90. The number of alkyl halides is 2. The zero-order valence-corrected chi connectivity index (χ0v) is 11.7. The monoisotopic (exact) mass is 265 g/mol. The number of hydrogen-bond donors (Lipinski definition) is 1.